The number of benzene rings is 2. The van der Waals surface area contributed by atoms with E-state index in [1.165, 1.54) is 11.1 Å². The van der Waals surface area contributed by atoms with E-state index in [0.717, 1.165) is 43.2 Å². The summed E-state index contributed by atoms with van der Waals surface area (Å²) < 4.78 is 16.7. The van der Waals surface area contributed by atoms with Crippen LogP contribution in [0.5, 0.6) is 11.5 Å². The lowest BCUT2D eigenvalue weighted by Gasteiger charge is -2.37. The van der Waals surface area contributed by atoms with Crippen molar-refractivity contribution in [3.63, 3.8) is 0 Å². The van der Waals surface area contributed by atoms with Gasteiger partial charge in [0.05, 0.1) is 26.9 Å². The summed E-state index contributed by atoms with van der Waals surface area (Å²) in [6, 6.07) is 15.0. The maximum atomic E-state index is 5.61. The molecule has 1 saturated heterocycles. The first-order valence-electron chi connectivity index (χ1n) is 9.58. The monoisotopic (exact) mass is 370 g/mol. The van der Waals surface area contributed by atoms with E-state index >= 15 is 0 Å². The molecular formula is C22H30N2O3. The Labute approximate surface area is 162 Å². The van der Waals surface area contributed by atoms with Crippen molar-refractivity contribution < 1.29 is 14.2 Å². The van der Waals surface area contributed by atoms with Gasteiger partial charge in [-0.2, -0.15) is 0 Å². The van der Waals surface area contributed by atoms with E-state index in [1.807, 2.05) is 25.1 Å². The van der Waals surface area contributed by atoms with Gasteiger partial charge in [-0.3, -0.25) is 4.90 Å². The first-order valence-corrected chi connectivity index (χ1v) is 9.58. The molecule has 0 aromatic heterocycles. The molecule has 3 rings (SSSR count). The molecule has 27 heavy (non-hydrogen) atoms. The van der Waals surface area contributed by atoms with Crippen molar-refractivity contribution in [3.8, 4) is 11.5 Å². The fourth-order valence-electron chi connectivity index (χ4n) is 3.67. The second-order valence-corrected chi connectivity index (χ2v) is 6.72. The Bertz CT molecular complexity index is 735. The van der Waals surface area contributed by atoms with Gasteiger partial charge in [-0.1, -0.05) is 24.3 Å². The first kappa shape index (κ1) is 19.7. The molecule has 1 heterocycles. The molecule has 1 atom stereocenters. The summed E-state index contributed by atoms with van der Waals surface area (Å²) in [5.41, 5.74) is 3.60. The lowest BCUT2D eigenvalue weighted by molar-refractivity contribution is 0.131. The smallest absolute Gasteiger partial charge is 0.124 e. The molecule has 1 N–H and O–H groups in total. The van der Waals surface area contributed by atoms with E-state index in [1.54, 1.807) is 14.2 Å². The lowest BCUT2D eigenvalue weighted by Crippen LogP contribution is -2.45. The molecule has 5 heteroatoms. The zero-order chi connectivity index (χ0) is 19.1. The van der Waals surface area contributed by atoms with Crippen LogP contribution in [0.25, 0.3) is 0 Å². The Kier molecular flexibility index (Phi) is 7.10. The average Bonchev–Trinajstić information content (AvgIpc) is 2.72. The van der Waals surface area contributed by atoms with Crippen LogP contribution >= 0.6 is 0 Å². The molecule has 0 aliphatic carbocycles. The SMILES string of the molecule is CCOCc1cc(CN2CCNCC2c2ccccc2OC)ccc1OC. The highest BCUT2D eigenvalue weighted by atomic mass is 16.5. The van der Waals surface area contributed by atoms with Gasteiger partial charge in [-0.15, -0.1) is 0 Å². The molecule has 2 aromatic carbocycles. The molecular weight excluding hydrogens is 340 g/mol. The molecule has 0 bridgehead atoms. The normalized spacial score (nSPS) is 17.7. The van der Waals surface area contributed by atoms with Gasteiger partial charge in [-0.05, 0) is 30.7 Å². The van der Waals surface area contributed by atoms with E-state index < -0.39 is 0 Å². The van der Waals surface area contributed by atoms with Crippen molar-refractivity contribution >= 4 is 0 Å². The molecule has 0 amide bonds. The largest absolute Gasteiger partial charge is 0.496 e. The van der Waals surface area contributed by atoms with Crippen molar-refractivity contribution in [1.29, 1.82) is 0 Å². The molecule has 0 saturated carbocycles. The van der Waals surface area contributed by atoms with Gasteiger partial charge in [0.25, 0.3) is 0 Å². The molecule has 0 spiro atoms. The number of hydrogen-bond donors (Lipinski definition) is 1. The Morgan fingerprint density at radius 3 is 2.67 bits per heavy atom. The van der Waals surface area contributed by atoms with Crippen molar-refractivity contribution in [2.45, 2.75) is 26.1 Å². The zero-order valence-electron chi connectivity index (χ0n) is 16.5. The fraction of sp³-hybridized carbons (Fsp3) is 0.455. The zero-order valence-corrected chi connectivity index (χ0v) is 16.5. The van der Waals surface area contributed by atoms with Crippen LogP contribution in [0.4, 0.5) is 0 Å². The maximum Gasteiger partial charge on any atom is 0.124 e. The Balaban J connectivity index is 1.82. The summed E-state index contributed by atoms with van der Waals surface area (Å²) in [4.78, 5) is 2.51. The number of para-hydroxylation sites is 1. The molecule has 1 unspecified atom stereocenters. The summed E-state index contributed by atoms with van der Waals surface area (Å²) >= 11 is 0. The van der Waals surface area contributed by atoms with Gasteiger partial charge < -0.3 is 19.5 Å². The van der Waals surface area contributed by atoms with Crippen molar-refractivity contribution in [2.24, 2.45) is 0 Å². The third-order valence-electron chi connectivity index (χ3n) is 5.04. The van der Waals surface area contributed by atoms with E-state index in [4.69, 9.17) is 14.2 Å². The number of nitrogens with zero attached hydrogens (tertiary/aromatic N) is 1. The van der Waals surface area contributed by atoms with Crippen LogP contribution in [0.1, 0.15) is 29.7 Å². The van der Waals surface area contributed by atoms with Crippen LogP contribution < -0.4 is 14.8 Å². The predicted molar refractivity (Wildman–Crippen MR) is 107 cm³/mol. The highest BCUT2D eigenvalue weighted by Gasteiger charge is 2.26. The summed E-state index contributed by atoms with van der Waals surface area (Å²) in [5.74, 6) is 1.83. The minimum atomic E-state index is 0.285. The Morgan fingerprint density at radius 2 is 1.89 bits per heavy atom. The van der Waals surface area contributed by atoms with Crippen LogP contribution in [-0.2, 0) is 17.9 Å². The summed E-state index contributed by atoms with van der Waals surface area (Å²) in [7, 11) is 3.45. The van der Waals surface area contributed by atoms with E-state index in [2.05, 4.69) is 34.5 Å². The molecule has 5 nitrogen and oxygen atoms in total. The first-order chi connectivity index (χ1) is 13.3. The van der Waals surface area contributed by atoms with Gasteiger partial charge in [0, 0.05) is 43.9 Å². The number of nitrogens with one attached hydrogen (secondary N) is 1. The minimum Gasteiger partial charge on any atom is -0.496 e. The Hall–Kier alpha value is -2.08. The molecule has 1 aliphatic rings. The molecule has 146 valence electrons. The molecule has 2 aromatic rings. The quantitative estimate of drug-likeness (QED) is 0.772. The highest BCUT2D eigenvalue weighted by molar-refractivity contribution is 5.38. The van der Waals surface area contributed by atoms with E-state index in [9.17, 15) is 0 Å². The standard InChI is InChI=1S/C22H30N2O3/c1-4-27-16-18-13-17(9-10-21(18)25-2)15-24-12-11-23-14-20(24)19-7-5-6-8-22(19)26-3/h5-10,13,20,23H,4,11-12,14-16H2,1-3H3. The molecule has 1 fully saturated rings. The average molecular weight is 370 g/mol. The Morgan fingerprint density at radius 1 is 1.07 bits per heavy atom. The van der Waals surface area contributed by atoms with Gasteiger partial charge >= 0.3 is 0 Å². The summed E-state index contributed by atoms with van der Waals surface area (Å²) in [6.07, 6.45) is 0. The topological polar surface area (TPSA) is 43.0 Å². The van der Waals surface area contributed by atoms with Crippen LogP contribution in [0.3, 0.4) is 0 Å². The fourth-order valence-corrected chi connectivity index (χ4v) is 3.67. The van der Waals surface area contributed by atoms with Crippen molar-refractivity contribution in [3.05, 3.63) is 59.2 Å². The van der Waals surface area contributed by atoms with E-state index in [0.29, 0.717) is 13.2 Å². The molecule has 0 radical (unpaired) electrons. The van der Waals surface area contributed by atoms with Crippen molar-refractivity contribution in [1.82, 2.24) is 10.2 Å². The number of methoxy groups -OCH3 is 2. The lowest BCUT2D eigenvalue weighted by atomic mass is 10.0. The molecule has 1 aliphatic heterocycles. The second kappa shape index (κ2) is 9.74. The number of ether oxygens (including phenoxy) is 3. The van der Waals surface area contributed by atoms with Gasteiger partial charge in [-0.25, -0.2) is 0 Å². The predicted octanol–water partition coefficient (Wildman–Crippen LogP) is 3.39. The van der Waals surface area contributed by atoms with Crippen LogP contribution in [-0.4, -0.2) is 45.4 Å². The minimum absolute atomic E-state index is 0.285. The van der Waals surface area contributed by atoms with Crippen LogP contribution in [0.2, 0.25) is 0 Å². The third kappa shape index (κ3) is 4.80. The van der Waals surface area contributed by atoms with Crippen molar-refractivity contribution in [2.75, 3.05) is 40.5 Å². The number of hydrogen-bond acceptors (Lipinski definition) is 5. The van der Waals surface area contributed by atoms with Crippen LogP contribution in [0.15, 0.2) is 42.5 Å². The van der Waals surface area contributed by atoms with Crippen LogP contribution in [0, 0.1) is 0 Å². The van der Waals surface area contributed by atoms with Gasteiger partial charge in [0.15, 0.2) is 0 Å². The van der Waals surface area contributed by atoms with Gasteiger partial charge in [0.1, 0.15) is 11.5 Å². The summed E-state index contributed by atoms with van der Waals surface area (Å²) in [5, 5.41) is 3.52. The van der Waals surface area contributed by atoms with Gasteiger partial charge in [0.2, 0.25) is 0 Å². The second-order valence-electron chi connectivity index (χ2n) is 6.72. The summed E-state index contributed by atoms with van der Waals surface area (Å²) in [6.45, 7) is 7.07. The number of rotatable bonds is 8. The third-order valence-corrected chi connectivity index (χ3v) is 5.04. The maximum absolute atomic E-state index is 5.61. The highest BCUT2D eigenvalue weighted by Crippen LogP contribution is 2.31. The van der Waals surface area contributed by atoms with E-state index in [-0.39, 0.29) is 6.04 Å². The number of piperazine rings is 1.